The van der Waals surface area contributed by atoms with E-state index in [1.807, 2.05) is 0 Å². The van der Waals surface area contributed by atoms with Crippen LogP contribution in [0.2, 0.25) is 0 Å². The molecule has 1 N–H and O–H groups in total. The minimum absolute atomic E-state index is 0. The molecule has 0 aromatic carbocycles. The summed E-state index contributed by atoms with van der Waals surface area (Å²) < 4.78 is 0. The lowest BCUT2D eigenvalue weighted by atomic mass is 9.65. The Morgan fingerprint density at radius 3 is 2.24 bits per heavy atom. The molecule has 0 radical (unpaired) electrons. The van der Waals surface area contributed by atoms with Gasteiger partial charge < -0.3 is 15.1 Å². The maximum atomic E-state index is 11.6. The maximum absolute atomic E-state index is 11.6. The van der Waals surface area contributed by atoms with E-state index >= 15 is 0 Å². The molecule has 1 saturated heterocycles. The fraction of sp³-hybridized carbons (Fsp3) is 0.867. The Morgan fingerprint density at radius 1 is 1.29 bits per heavy atom. The molecule has 1 heterocycles. The van der Waals surface area contributed by atoms with Crippen molar-refractivity contribution < 1.29 is 4.79 Å². The van der Waals surface area contributed by atoms with Crippen LogP contribution >= 0.6 is 24.0 Å². The number of rotatable bonds is 4. The average molecular weight is 410 g/mol. The van der Waals surface area contributed by atoms with Crippen LogP contribution in [0.1, 0.15) is 41.0 Å². The van der Waals surface area contributed by atoms with Gasteiger partial charge in [0.2, 0.25) is 5.91 Å². The number of nitrogens with zero attached hydrogens (tertiary/aromatic N) is 3. The molecule has 0 bridgehead atoms. The summed E-state index contributed by atoms with van der Waals surface area (Å²) in [5.41, 5.74) is 0.363. The van der Waals surface area contributed by atoms with Crippen LogP contribution in [0.3, 0.4) is 0 Å². The van der Waals surface area contributed by atoms with E-state index in [0.717, 1.165) is 19.0 Å². The molecule has 0 aromatic heterocycles. The topological polar surface area (TPSA) is 47.9 Å². The zero-order chi connectivity index (χ0) is 15.6. The van der Waals surface area contributed by atoms with Gasteiger partial charge in [-0.2, -0.15) is 0 Å². The molecule has 21 heavy (non-hydrogen) atoms. The molecule has 0 spiro atoms. The number of nitrogens with one attached hydrogen (secondary N) is 1. The fourth-order valence-corrected chi connectivity index (χ4v) is 2.28. The van der Waals surface area contributed by atoms with Gasteiger partial charge in [0.05, 0.1) is 6.54 Å². The first kappa shape index (κ1) is 20.5. The van der Waals surface area contributed by atoms with E-state index in [1.54, 1.807) is 19.0 Å². The number of carbonyl (C=O) groups is 1. The molecule has 0 atom stereocenters. The van der Waals surface area contributed by atoms with Crippen molar-refractivity contribution in [2.75, 3.05) is 33.7 Å². The van der Waals surface area contributed by atoms with Gasteiger partial charge >= 0.3 is 0 Å². The molecule has 5 nitrogen and oxygen atoms in total. The van der Waals surface area contributed by atoms with Crippen LogP contribution in [0.5, 0.6) is 0 Å². The van der Waals surface area contributed by atoms with Gasteiger partial charge in [-0.3, -0.25) is 9.79 Å². The van der Waals surface area contributed by atoms with Crippen LogP contribution in [0.15, 0.2) is 4.99 Å². The molecular formula is C15H31IN4O. The molecule has 1 amide bonds. The average Bonchev–Trinajstić information content (AvgIpc) is 2.34. The first-order valence-electron chi connectivity index (χ1n) is 7.39. The van der Waals surface area contributed by atoms with Crippen molar-refractivity contribution in [1.29, 1.82) is 0 Å². The highest BCUT2D eigenvalue weighted by atomic mass is 127. The molecule has 1 aliphatic heterocycles. The summed E-state index contributed by atoms with van der Waals surface area (Å²) in [6, 6.07) is 0. The summed E-state index contributed by atoms with van der Waals surface area (Å²) in [7, 11) is 3.55. The van der Waals surface area contributed by atoms with E-state index in [0.29, 0.717) is 13.0 Å². The van der Waals surface area contributed by atoms with Crippen molar-refractivity contribution in [3.63, 3.8) is 0 Å². The zero-order valence-corrected chi connectivity index (χ0v) is 16.8. The lowest BCUT2D eigenvalue weighted by Crippen LogP contribution is -2.72. The fourth-order valence-electron chi connectivity index (χ4n) is 2.28. The first-order chi connectivity index (χ1) is 9.13. The normalized spacial score (nSPS) is 19.4. The number of amides is 1. The Kier molecular flexibility index (Phi) is 7.45. The Balaban J connectivity index is 0.00000400. The summed E-state index contributed by atoms with van der Waals surface area (Å²) >= 11 is 0. The number of aliphatic imine (C=N–C) groups is 1. The smallest absolute Gasteiger partial charge is 0.223 e. The van der Waals surface area contributed by atoms with E-state index in [4.69, 9.17) is 0 Å². The van der Waals surface area contributed by atoms with Crippen molar-refractivity contribution in [3.05, 3.63) is 0 Å². The van der Waals surface area contributed by atoms with E-state index in [9.17, 15) is 4.79 Å². The number of carbonyl (C=O) groups excluding carboxylic acids is 1. The SMILES string of the molecule is CCNC(=NCCC(=O)N(C)C)N1CC(C)(C)C1(C)C.I. The van der Waals surface area contributed by atoms with E-state index in [2.05, 4.69) is 49.8 Å². The Hall–Kier alpha value is -0.530. The number of halogens is 1. The van der Waals surface area contributed by atoms with Crippen molar-refractivity contribution in [3.8, 4) is 0 Å². The van der Waals surface area contributed by atoms with Gasteiger partial charge in [0.25, 0.3) is 0 Å². The predicted molar refractivity (Wildman–Crippen MR) is 99.3 cm³/mol. The monoisotopic (exact) mass is 410 g/mol. The van der Waals surface area contributed by atoms with Gasteiger partial charge in [-0.1, -0.05) is 13.8 Å². The number of hydrogen-bond donors (Lipinski definition) is 1. The number of likely N-dealkylation sites (tertiary alicyclic amines) is 1. The van der Waals surface area contributed by atoms with Crippen LogP contribution in [-0.4, -0.2) is 60.9 Å². The second kappa shape index (κ2) is 7.65. The minimum atomic E-state index is 0. The van der Waals surface area contributed by atoms with Gasteiger partial charge in [-0.05, 0) is 20.8 Å². The van der Waals surface area contributed by atoms with Crippen LogP contribution in [0, 0.1) is 5.41 Å². The minimum Gasteiger partial charge on any atom is -0.356 e. The highest BCUT2D eigenvalue weighted by Crippen LogP contribution is 2.46. The summed E-state index contributed by atoms with van der Waals surface area (Å²) in [5, 5.41) is 3.33. The van der Waals surface area contributed by atoms with Crippen LogP contribution in [-0.2, 0) is 4.79 Å². The lowest BCUT2D eigenvalue weighted by molar-refractivity contribution is -0.128. The van der Waals surface area contributed by atoms with Gasteiger partial charge in [0.15, 0.2) is 5.96 Å². The summed E-state index contributed by atoms with van der Waals surface area (Å²) in [6.07, 6.45) is 0.458. The van der Waals surface area contributed by atoms with Crippen LogP contribution < -0.4 is 5.32 Å². The third-order valence-corrected chi connectivity index (χ3v) is 4.56. The third-order valence-electron chi connectivity index (χ3n) is 4.56. The van der Waals surface area contributed by atoms with Gasteiger partial charge in [0, 0.05) is 44.6 Å². The van der Waals surface area contributed by atoms with E-state index < -0.39 is 0 Å². The van der Waals surface area contributed by atoms with Crippen molar-refractivity contribution in [2.24, 2.45) is 10.4 Å². The van der Waals surface area contributed by atoms with Gasteiger partial charge in [0.1, 0.15) is 0 Å². The molecule has 0 unspecified atom stereocenters. The van der Waals surface area contributed by atoms with Crippen LogP contribution in [0.25, 0.3) is 0 Å². The number of guanidine groups is 1. The second-order valence-corrected chi connectivity index (χ2v) is 6.80. The molecule has 0 aromatic rings. The van der Waals surface area contributed by atoms with Crippen molar-refractivity contribution >= 4 is 35.8 Å². The molecule has 0 aliphatic carbocycles. The molecule has 1 rings (SSSR count). The van der Waals surface area contributed by atoms with Crippen LogP contribution in [0.4, 0.5) is 0 Å². The third kappa shape index (κ3) is 4.47. The van der Waals surface area contributed by atoms with Gasteiger partial charge in [-0.25, -0.2) is 0 Å². The predicted octanol–water partition coefficient (Wildman–Crippen LogP) is 2.17. The quantitative estimate of drug-likeness (QED) is 0.439. The van der Waals surface area contributed by atoms with Crippen molar-refractivity contribution in [1.82, 2.24) is 15.1 Å². The highest BCUT2D eigenvalue weighted by Gasteiger charge is 2.53. The maximum Gasteiger partial charge on any atom is 0.223 e. The van der Waals surface area contributed by atoms with Crippen molar-refractivity contribution in [2.45, 2.75) is 46.6 Å². The Bertz CT molecular complexity index is 391. The number of hydrogen-bond acceptors (Lipinski definition) is 2. The van der Waals surface area contributed by atoms with Gasteiger partial charge in [-0.15, -0.1) is 24.0 Å². The lowest BCUT2D eigenvalue weighted by Gasteiger charge is -2.62. The standard InChI is InChI=1S/C15H30N4O.HI/c1-8-16-13(17-10-9-12(20)18(6)7)19-11-14(2,3)15(19,4)5;/h8-11H2,1-7H3,(H,16,17);1H. The Morgan fingerprint density at radius 2 is 1.86 bits per heavy atom. The largest absolute Gasteiger partial charge is 0.356 e. The molecule has 1 fully saturated rings. The zero-order valence-electron chi connectivity index (χ0n) is 14.5. The summed E-state index contributed by atoms with van der Waals surface area (Å²) in [6.45, 7) is 13.5. The molecule has 124 valence electrons. The molecule has 1 aliphatic rings. The summed E-state index contributed by atoms with van der Waals surface area (Å²) in [5.74, 6) is 1.04. The summed E-state index contributed by atoms with van der Waals surface area (Å²) in [4.78, 5) is 20.1. The molecule has 6 heteroatoms. The second-order valence-electron chi connectivity index (χ2n) is 6.80. The Labute approximate surface area is 146 Å². The highest BCUT2D eigenvalue weighted by molar-refractivity contribution is 14.0. The molecule has 0 saturated carbocycles. The molecular weight excluding hydrogens is 379 g/mol. The first-order valence-corrected chi connectivity index (χ1v) is 7.39. The van der Waals surface area contributed by atoms with E-state index in [-0.39, 0.29) is 40.8 Å². The van der Waals surface area contributed by atoms with E-state index in [1.165, 1.54) is 0 Å².